The maximum atomic E-state index is 13.2. The van der Waals surface area contributed by atoms with Gasteiger partial charge in [0.2, 0.25) is 5.91 Å². The number of carbonyl (C=O) groups excluding carboxylic acids is 1. The van der Waals surface area contributed by atoms with E-state index in [-0.39, 0.29) is 24.0 Å². The third kappa shape index (κ3) is 4.63. The van der Waals surface area contributed by atoms with E-state index in [4.69, 9.17) is 0 Å². The summed E-state index contributed by atoms with van der Waals surface area (Å²) in [6, 6.07) is 10.7. The summed E-state index contributed by atoms with van der Waals surface area (Å²) in [7, 11) is 1.76. The Morgan fingerprint density at radius 1 is 1.25 bits per heavy atom. The number of anilines is 1. The van der Waals surface area contributed by atoms with Crippen molar-refractivity contribution in [3.05, 3.63) is 65.7 Å². The van der Waals surface area contributed by atoms with Gasteiger partial charge in [-0.2, -0.15) is 18.3 Å². The van der Waals surface area contributed by atoms with E-state index in [1.807, 2.05) is 31.2 Å². The fraction of sp³-hybridized carbons (Fsp3) is 0.238. The summed E-state index contributed by atoms with van der Waals surface area (Å²) in [4.78, 5) is 22.9. The Hall–Kier alpha value is -3.31. The van der Waals surface area contributed by atoms with Crippen LogP contribution >= 0.6 is 11.3 Å². The van der Waals surface area contributed by atoms with E-state index in [0.717, 1.165) is 27.4 Å². The van der Waals surface area contributed by atoms with Crippen LogP contribution in [0.2, 0.25) is 0 Å². The molecule has 0 bridgehead atoms. The second-order valence-corrected chi connectivity index (χ2v) is 8.29. The van der Waals surface area contributed by atoms with Crippen molar-refractivity contribution >= 4 is 33.1 Å². The molecule has 1 atom stereocenters. The highest BCUT2D eigenvalue weighted by Crippen LogP contribution is 2.33. The van der Waals surface area contributed by atoms with Crippen LogP contribution in [0.3, 0.4) is 0 Å². The van der Waals surface area contributed by atoms with Gasteiger partial charge < -0.3 is 5.32 Å². The zero-order chi connectivity index (χ0) is 22.9. The van der Waals surface area contributed by atoms with Gasteiger partial charge >= 0.3 is 6.18 Å². The number of fused-ring (bicyclic) bond motifs is 1. The number of amides is 1. The molecule has 4 rings (SSSR count). The largest absolute Gasteiger partial charge is 0.416 e. The summed E-state index contributed by atoms with van der Waals surface area (Å²) in [5.41, 5.74) is 0.300. The predicted octanol–water partition coefficient (Wildman–Crippen LogP) is 4.53. The summed E-state index contributed by atoms with van der Waals surface area (Å²) < 4.78 is 42.0. The van der Waals surface area contributed by atoms with Gasteiger partial charge in [0.1, 0.15) is 17.7 Å². The normalized spacial score (nSPS) is 12.9. The third-order valence-corrected chi connectivity index (χ3v) is 6.19. The van der Waals surface area contributed by atoms with Gasteiger partial charge in [-0.15, -0.1) is 11.3 Å². The molecule has 32 heavy (non-hydrogen) atoms. The fourth-order valence-electron chi connectivity index (χ4n) is 3.16. The summed E-state index contributed by atoms with van der Waals surface area (Å²) >= 11 is 1.54. The number of alkyl halides is 3. The molecule has 2 aromatic carbocycles. The monoisotopic (exact) mass is 460 g/mol. The molecular formula is C21H19F3N6OS. The standard InChI is InChI=1S/C21H19F3N6OS/c1-13(20-28-15-5-3-4-6-18(15)32-20)29(2)10-19(31)27-16-9-14(21(22,23)24)7-8-17(16)30-12-25-11-26-30/h3-9,11-13H,10H2,1-2H3,(H,27,31)/t13-/m1/s1. The lowest BCUT2D eigenvalue weighted by Gasteiger charge is -2.22. The number of aromatic nitrogens is 4. The maximum absolute atomic E-state index is 13.2. The Morgan fingerprint density at radius 3 is 2.72 bits per heavy atom. The van der Waals surface area contributed by atoms with Gasteiger partial charge in [-0.1, -0.05) is 12.1 Å². The van der Waals surface area contributed by atoms with Crippen LogP contribution in [0.15, 0.2) is 55.1 Å². The minimum absolute atomic E-state index is 0.00337. The number of para-hydroxylation sites is 1. The second kappa shape index (κ2) is 8.67. The SMILES string of the molecule is C[C@H](c1nc2ccccc2s1)N(C)CC(=O)Nc1cc(C(F)(F)F)ccc1-n1cncn1. The molecule has 166 valence electrons. The quantitative estimate of drug-likeness (QED) is 0.458. The molecule has 2 heterocycles. The van der Waals surface area contributed by atoms with Gasteiger partial charge in [-0.05, 0) is 44.3 Å². The van der Waals surface area contributed by atoms with E-state index in [0.29, 0.717) is 0 Å². The molecule has 7 nitrogen and oxygen atoms in total. The van der Waals surface area contributed by atoms with Crippen molar-refractivity contribution in [3.63, 3.8) is 0 Å². The Bertz CT molecular complexity index is 1210. The first kappa shape index (κ1) is 21.9. The van der Waals surface area contributed by atoms with Crippen LogP contribution in [0.5, 0.6) is 0 Å². The second-order valence-electron chi connectivity index (χ2n) is 7.23. The zero-order valence-electron chi connectivity index (χ0n) is 17.2. The summed E-state index contributed by atoms with van der Waals surface area (Å²) in [5, 5.41) is 7.39. The number of hydrogen-bond donors (Lipinski definition) is 1. The molecule has 0 fully saturated rings. The molecule has 0 unspecified atom stereocenters. The van der Waals surface area contributed by atoms with Crippen LogP contribution in [0.1, 0.15) is 23.5 Å². The Morgan fingerprint density at radius 2 is 2.03 bits per heavy atom. The predicted molar refractivity (Wildman–Crippen MR) is 116 cm³/mol. The third-order valence-electron chi connectivity index (χ3n) is 4.99. The average molecular weight is 460 g/mol. The van der Waals surface area contributed by atoms with Gasteiger partial charge in [0.25, 0.3) is 0 Å². The lowest BCUT2D eigenvalue weighted by atomic mass is 10.1. The van der Waals surface area contributed by atoms with Gasteiger partial charge in [0, 0.05) is 0 Å². The highest BCUT2D eigenvalue weighted by molar-refractivity contribution is 7.18. The van der Waals surface area contributed by atoms with Crippen LogP contribution in [0, 0.1) is 0 Å². The van der Waals surface area contributed by atoms with Crippen LogP contribution < -0.4 is 5.32 Å². The number of carbonyl (C=O) groups is 1. The molecule has 11 heteroatoms. The number of rotatable bonds is 6. The number of nitrogens with one attached hydrogen (secondary N) is 1. The molecule has 0 aliphatic carbocycles. The Kier molecular flexibility index (Phi) is 5.94. The summed E-state index contributed by atoms with van der Waals surface area (Å²) in [6.07, 6.45) is -1.94. The van der Waals surface area contributed by atoms with Gasteiger partial charge in [-0.3, -0.25) is 9.69 Å². The molecule has 0 saturated heterocycles. The number of nitrogens with zero attached hydrogens (tertiary/aromatic N) is 5. The molecular weight excluding hydrogens is 441 g/mol. The molecule has 0 aliphatic rings. The van der Waals surface area contributed by atoms with E-state index in [9.17, 15) is 18.0 Å². The molecule has 4 aromatic rings. The summed E-state index contributed by atoms with van der Waals surface area (Å²) in [5.74, 6) is -0.457. The highest BCUT2D eigenvalue weighted by atomic mass is 32.1. The smallest absolute Gasteiger partial charge is 0.323 e. The van der Waals surface area contributed by atoms with Crippen molar-refractivity contribution in [3.8, 4) is 5.69 Å². The number of halogens is 3. The first-order valence-electron chi connectivity index (χ1n) is 9.64. The number of hydrogen-bond acceptors (Lipinski definition) is 6. The Balaban J connectivity index is 1.52. The lowest BCUT2D eigenvalue weighted by molar-refractivity contribution is -0.137. The topological polar surface area (TPSA) is 75.9 Å². The molecule has 0 radical (unpaired) electrons. The molecule has 0 aliphatic heterocycles. The van der Waals surface area contributed by atoms with Gasteiger partial charge in [0.05, 0.1) is 39.7 Å². The molecule has 1 amide bonds. The van der Waals surface area contributed by atoms with E-state index >= 15 is 0 Å². The van der Waals surface area contributed by atoms with Crippen molar-refractivity contribution < 1.29 is 18.0 Å². The average Bonchev–Trinajstić information content (AvgIpc) is 3.42. The molecule has 0 spiro atoms. The minimum atomic E-state index is -4.54. The number of likely N-dealkylation sites (N-methyl/N-ethyl adjacent to an activating group) is 1. The highest BCUT2D eigenvalue weighted by Gasteiger charge is 2.31. The first-order chi connectivity index (χ1) is 15.2. The van der Waals surface area contributed by atoms with Crippen molar-refractivity contribution in [1.82, 2.24) is 24.6 Å². The molecule has 2 aromatic heterocycles. The van der Waals surface area contributed by atoms with E-state index in [2.05, 4.69) is 20.4 Å². The van der Waals surface area contributed by atoms with Crippen molar-refractivity contribution in [2.24, 2.45) is 0 Å². The van der Waals surface area contributed by atoms with Crippen LogP contribution in [0.25, 0.3) is 15.9 Å². The van der Waals surface area contributed by atoms with Crippen LogP contribution in [-0.2, 0) is 11.0 Å². The van der Waals surface area contributed by atoms with Crippen molar-refractivity contribution in [2.75, 3.05) is 18.9 Å². The van der Waals surface area contributed by atoms with E-state index < -0.39 is 17.6 Å². The molecule has 1 N–H and O–H groups in total. The van der Waals surface area contributed by atoms with E-state index in [1.165, 1.54) is 23.4 Å². The van der Waals surface area contributed by atoms with Crippen molar-refractivity contribution in [2.45, 2.75) is 19.1 Å². The fourth-order valence-corrected chi connectivity index (χ4v) is 4.24. The van der Waals surface area contributed by atoms with Crippen LogP contribution in [0.4, 0.5) is 18.9 Å². The zero-order valence-corrected chi connectivity index (χ0v) is 18.0. The van der Waals surface area contributed by atoms with Crippen LogP contribution in [-0.4, -0.2) is 44.1 Å². The maximum Gasteiger partial charge on any atom is 0.416 e. The van der Waals surface area contributed by atoms with Gasteiger partial charge in [0.15, 0.2) is 0 Å². The lowest BCUT2D eigenvalue weighted by Crippen LogP contribution is -2.32. The van der Waals surface area contributed by atoms with E-state index in [1.54, 1.807) is 23.3 Å². The Labute approximate surface area is 185 Å². The summed E-state index contributed by atoms with van der Waals surface area (Å²) in [6.45, 7) is 1.89. The number of benzene rings is 2. The van der Waals surface area contributed by atoms with Gasteiger partial charge in [-0.25, -0.2) is 14.6 Å². The van der Waals surface area contributed by atoms with Crippen molar-refractivity contribution in [1.29, 1.82) is 0 Å². The number of thiazole rings is 1. The minimum Gasteiger partial charge on any atom is -0.323 e. The molecule has 0 saturated carbocycles. The first-order valence-corrected chi connectivity index (χ1v) is 10.5.